The third-order valence-electron chi connectivity index (χ3n) is 2.42. The lowest BCUT2D eigenvalue weighted by Gasteiger charge is -2.05. The maximum absolute atomic E-state index is 10.3. The molecule has 6 heteroatoms. The zero-order valence-corrected chi connectivity index (χ0v) is 9.22. The second-order valence-electron chi connectivity index (χ2n) is 3.72. The minimum absolute atomic E-state index is 0.206. The first kappa shape index (κ1) is 11.4. The Hall–Kier alpha value is -2.11. The van der Waals surface area contributed by atoms with Crippen molar-refractivity contribution in [2.45, 2.75) is 19.3 Å². The highest BCUT2D eigenvalue weighted by Crippen LogP contribution is 2.19. The Morgan fingerprint density at radius 2 is 2.24 bits per heavy atom. The number of rotatable bonds is 6. The molecular formula is C11H13N3O3. The van der Waals surface area contributed by atoms with Gasteiger partial charge >= 0.3 is 5.97 Å². The Morgan fingerprint density at radius 3 is 3.06 bits per heavy atom. The number of hydrogen-bond donors (Lipinski definition) is 2. The van der Waals surface area contributed by atoms with Gasteiger partial charge < -0.3 is 10.4 Å². The number of nitrogens with one attached hydrogen (secondary N) is 1. The van der Waals surface area contributed by atoms with Gasteiger partial charge in [-0.05, 0) is 35.3 Å². The Labute approximate surface area is 97.6 Å². The maximum Gasteiger partial charge on any atom is 0.303 e. The molecule has 2 N–H and O–H groups in total. The Balaban J connectivity index is 1.86. The highest BCUT2D eigenvalue weighted by Gasteiger charge is 2.05. The van der Waals surface area contributed by atoms with Crippen LogP contribution in [-0.2, 0) is 4.79 Å². The molecule has 1 aromatic carbocycles. The first-order valence-electron chi connectivity index (χ1n) is 5.44. The third kappa shape index (κ3) is 2.93. The molecule has 0 aliphatic rings. The quantitative estimate of drug-likeness (QED) is 0.743. The van der Waals surface area contributed by atoms with Crippen LogP contribution >= 0.6 is 0 Å². The van der Waals surface area contributed by atoms with Crippen molar-refractivity contribution in [1.29, 1.82) is 0 Å². The van der Waals surface area contributed by atoms with Crippen LogP contribution < -0.4 is 5.32 Å². The summed E-state index contributed by atoms with van der Waals surface area (Å²) in [5, 5.41) is 19.2. The number of nitrogens with zero attached hydrogens (tertiary/aromatic N) is 2. The molecule has 2 rings (SSSR count). The van der Waals surface area contributed by atoms with Gasteiger partial charge in [-0.25, -0.2) is 4.63 Å². The zero-order chi connectivity index (χ0) is 12.1. The Morgan fingerprint density at radius 1 is 1.35 bits per heavy atom. The van der Waals surface area contributed by atoms with Gasteiger partial charge in [0, 0.05) is 13.0 Å². The molecule has 0 aliphatic heterocycles. The molecule has 0 amide bonds. The molecule has 0 bridgehead atoms. The molecule has 0 radical (unpaired) electrons. The molecule has 17 heavy (non-hydrogen) atoms. The summed E-state index contributed by atoms with van der Waals surface area (Å²) >= 11 is 0. The monoisotopic (exact) mass is 235 g/mol. The molecule has 0 saturated heterocycles. The normalized spacial score (nSPS) is 10.6. The molecular weight excluding hydrogens is 222 g/mol. The van der Waals surface area contributed by atoms with Crippen LogP contribution in [0.25, 0.3) is 11.0 Å². The van der Waals surface area contributed by atoms with E-state index in [1.807, 2.05) is 18.2 Å². The van der Waals surface area contributed by atoms with E-state index in [0.29, 0.717) is 24.0 Å². The van der Waals surface area contributed by atoms with E-state index in [4.69, 9.17) is 5.11 Å². The standard InChI is InChI=1S/C11H13N3O3/c15-10(16)6-1-2-7-12-8-4-3-5-9-11(8)14-17-13-9/h3-5,12H,1-2,6-7H2,(H,15,16). The van der Waals surface area contributed by atoms with Gasteiger partial charge in [0.25, 0.3) is 0 Å². The summed E-state index contributed by atoms with van der Waals surface area (Å²) in [5.41, 5.74) is 2.27. The van der Waals surface area contributed by atoms with Gasteiger partial charge in [-0.1, -0.05) is 6.07 Å². The fourth-order valence-electron chi connectivity index (χ4n) is 1.57. The Kier molecular flexibility index (Phi) is 3.54. The van der Waals surface area contributed by atoms with Crippen molar-refractivity contribution in [3.05, 3.63) is 18.2 Å². The fraction of sp³-hybridized carbons (Fsp3) is 0.364. The van der Waals surface area contributed by atoms with Crippen LogP contribution in [0.3, 0.4) is 0 Å². The van der Waals surface area contributed by atoms with Crippen molar-refractivity contribution < 1.29 is 14.5 Å². The lowest BCUT2D eigenvalue weighted by Crippen LogP contribution is -2.03. The SMILES string of the molecule is O=C(O)CCCCNc1cccc2nonc12. The molecule has 0 atom stereocenters. The second-order valence-corrected chi connectivity index (χ2v) is 3.72. The topological polar surface area (TPSA) is 88.2 Å². The average Bonchev–Trinajstić information content (AvgIpc) is 2.77. The third-order valence-corrected chi connectivity index (χ3v) is 2.42. The number of anilines is 1. The summed E-state index contributed by atoms with van der Waals surface area (Å²) in [6.45, 7) is 0.708. The van der Waals surface area contributed by atoms with E-state index < -0.39 is 5.97 Å². The summed E-state index contributed by atoms with van der Waals surface area (Å²) in [6.07, 6.45) is 1.67. The van der Waals surface area contributed by atoms with Crippen molar-refractivity contribution in [3.63, 3.8) is 0 Å². The first-order valence-corrected chi connectivity index (χ1v) is 5.44. The minimum atomic E-state index is -0.757. The molecule has 1 aromatic heterocycles. The lowest BCUT2D eigenvalue weighted by molar-refractivity contribution is -0.137. The summed E-state index contributed by atoms with van der Waals surface area (Å²) in [7, 11) is 0. The van der Waals surface area contributed by atoms with E-state index >= 15 is 0 Å². The van der Waals surface area contributed by atoms with Gasteiger partial charge in [-0.15, -0.1) is 0 Å². The molecule has 0 saturated carbocycles. The number of benzene rings is 1. The van der Waals surface area contributed by atoms with Crippen molar-refractivity contribution in [2.24, 2.45) is 0 Å². The summed E-state index contributed by atoms with van der Waals surface area (Å²) in [6, 6.07) is 5.58. The van der Waals surface area contributed by atoms with Gasteiger partial charge in [0.15, 0.2) is 5.52 Å². The summed E-state index contributed by atoms with van der Waals surface area (Å²) < 4.78 is 4.65. The Bertz CT molecular complexity index is 509. The van der Waals surface area contributed by atoms with Gasteiger partial charge in [0.05, 0.1) is 5.69 Å². The van der Waals surface area contributed by atoms with Gasteiger partial charge in [0.1, 0.15) is 5.52 Å². The smallest absolute Gasteiger partial charge is 0.303 e. The van der Waals surface area contributed by atoms with Crippen LogP contribution in [0.15, 0.2) is 22.8 Å². The molecule has 0 aliphatic carbocycles. The van der Waals surface area contributed by atoms with Gasteiger partial charge in [-0.3, -0.25) is 4.79 Å². The van der Waals surface area contributed by atoms with Crippen LogP contribution in [-0.4, -0.2) is 27.9 Å². The predicted molar refractivity (Wildman–Crippen MR) is 61.8 cm³/mol. The van der Waals surface area contributed by atoms with Gasteiger partial charge in [0.2, 0.25) is 0 Å². The predicted octanol–water partition coefficient (Wildman–Crippen LogP) is 1.89. The van der Waals surface area contributed by atoms with Crippen molar-refractivity contribution >= 4 is 22.7 Å². The fourth-order valence-corrected chi connectivity index (χ4v) is 1.57. The van der Waals surface area contributed by atoms with Crippen molar-refractivity contribution in [2.75, 3.05) is 11.9 Å². The molecule has 0 unspecified atom stereocenters. The molecule has 90 valence electrons. The minimum Gasteiger partial charge on any atom is -0.481 e. The highest BCUT2D eigenvalue weighted by molar-refractivity contribution is 5.86. The summed E-state index contributed by atoms with van der Waals surface area (Å²) in [4.78, 5) is 10.3. The van der Waals surface area contributed by atoms with Crippen LogP contribution in [0, 0.1) is 0 Å². The van der Waals surface area contributed by atoms with Crippen LogP contribution in [0.4, 0.5) is 5.69 Å². The largest absolute Gasteiger partial charge is 0.481 e. The number of fused-ring (bicyclic) bond motifs is 1. The van der Waals surface area contributed by atoms with Crippen LogP contribution in [0.2, 0.25) is 0 Å². The number of carboxylic acids is 1. The van der Waals surface area contributed by atoms with E-state index in [1.165, 1.54) is 0 Å². The number of aromatic nitrogens is 2. The number of carboxylic acid groups (broad SMARTS) is 1. The second kappa shape index (κ2) is 5.29. The highest BCUT2D eigenvalue weighted by atomic mass is 16.6. The number of carbonyl (C=O) groups is 1. The van der Waals surface area contributed by atoms with Crippen LogP contribution in [0.5, 0.6) is 0 Å². The van der Waals surface area contributed by atoms with E-state index in [2.05, 4.69) is 20.3 Å². The average molecular weight is 235 g/mol. The van der Waals surface area contributed by atoms with Gasteiger partial charge in [-0.2, -0.15) is 0 Å². The van der Waals surface area contributed by atoms with E-state index in [9.17, 15) is 4.79 Å². The number of unbranched alkanes of at least 4 members (excludes halogenated alkanes) is 1. The van der Waals surface area contributed by atoms with Crippen molar-refractivity contribution in [1.82, 2.24) is 10.3 Å². The molecule has 2 aromatic rings. The first-order chi connectivity index (χ1) is 8.27. The molecule has 6 nitrogen and oxygen atoms in total. The summed E-state index contributed by atoms with van der Waals surface area (Å²) in [5.74, 6) is -0.757. The van der Waals surface area contributed by atoms with E-state index in [0.717, 1.165) is 12.1 Å². The maximum atomic E-state index is 10.3. The van der Waals surface area contributed by atoms with Crippen LogP contribution in [0.1, 0.15) is 19.3 Å². The van der Waals surface area contributed by atoms with Crippen molar-refractivity contribution in [3.8, 4) is 0 Å². The molecule has 0 fully saturated rings. The molecule has 0 spiro atoms. The number of hydrogen-bond acceptors (Lipinski definition) is 5. The number of aliphatic carboxylic acids is 1. The lowest BCUT2D eigenvalue weighted by atomic mass is 10.2. The molecule has 1 heterocycles. The zero-order valence-electron chi connectivity index (χ0n) is 9.22. The van der Waals surface area contributed by atoms with E-state index in [1.54, 1.807) is 0 Å². The van der Waals surface area contributed by atoms with E-state index in [-0.39, 0.29) is 6.42 Å².